The van der Waals surface area contributed by atoms with Gasteiger partial charge in [0.2, 0.25) is 0 Å². The van der Waals surface area contributed by atoms with Gasteiger partial charge >= 0.3 is 0 Å². The number of likely N-dealkylation sites (tertiary alicyclic amines) is 1. The molecule has 178 valence electrons. The van der Waals surface area contributed by atoms with Gasteiger partial charge in [0.05, 0.1) is 39.7 Å². The molecule has 3 aromatic rings. The minimum Gasteiger partial charge on any atom is -0.390 e. The van der Waals surface area contributed by atoms with Gasteiger partial charge in [-0.2, -0.15) is 0 Å². The summed E-state index contributed by atoms with van der Waals surface area (Å²) in [6, 6.07) is 8.63. The van der Waals surface area contributed by atoms with E-state index in [4.69, 9.17) is 34.7 Å². The SMILES string of the molecule is C=C(NC(C)c1nc2ccc(Cl)cc2[nH]1)c1cc(Cl)c(C(=O)N2CCCC2CN)cc1N=CN. The molecule has 0 spiro atoms. The Labute approximate surface area is 208 Å². The molecule has 0 saturated carbocycles. The lowest BCUT2D eigenvalue weighted by Gasteiger charge is -2.24. The molecule has 1 aliphatic rings. The summed E-state index contributed by atoms with van der Waals surface area (Å²) >= 11 is 12.6. The summed E-state index contributed by atoms with van der Waals surface area (Å²) in [5.41, 5.74) is 15.1. The van der Waals surface area contributed by atoms with Gasteiger partial charge in [0, 0.05) is 35.4 Å². The van der Waals surface area contributed by atoms with E-state index in [0.29, 0.717) is 45.6 Å². The lowest BCUT2D eigenvalue weighted by molar-refractivity contribution is 0.0741. The van der Waals surface area contributed by atoms with Crippen LogP contribution in [0.5, 0.6) is 0 Å². The number of nitrogens with zero attached hydrogens (tertiary/aromatic N) is 3. The van der Waals surface area contributed by atoms with Gasteiger partial charge < -0.3 is 26.7 Å². The lowest BCUT2D eigenvalue weighted by atomic mass is 10.0. The standard InChI is InChI=1S/C24H27Cl2N7O/c1-13(30-14(2)23-31-20-6-5-15(25)8-22(20)32-23)17-9-19(26)18(10-21(17)29-12-28)24(34)33-7-3-4-16(33)11-27/h5-6,8-10,12,14,16,30H,1,3-4,7,11,27H2,2H3,(H2,28,29)(H,31,32). The Morgan fingerprint density at radius 1 is 1.38 bits per heavy atom. The number of benzene rings is 2. The summed E-state index contributed by atoms with van der Waals surface area (Å²) in [4.78, 5) is 27.1. The van der Waals surface area contributed by atoms with Crippen LogP contribution in [-0.2, 0) is 0 Å². The number of aliphatic imine (C=N–C) groups is 1. The second-order valence-corrected chi connectivity index (χ2v) is 9.13. The summed E-state index contributed by atoms with van der Waals surface area (Å²) in [5, 5.41) is 4.27. The number of amides is 1. The van der Waals surface area contributed by atoms with Gasteiger partial charge in [0.25, 0.3) is 5.91 Å². The summed E-state index contributed by atoms with van der Waals surface area (Å²) in [7, 11) is 0. The number of carbonyl (C=O) groups is 1. The van der Waals surface area contributed by atoms with Crippen molar-refractivity contribution in [1.82, 2.24) is 20.2 Å². The van der Waals surface area contributed by atoms with Gasteiger partial charge in [-0.3, -0.25) is 4.79 Å². The molecule has 1 amide bonds. The maximum absolute atomic E-state index is 13.2. The van der Waals surface area contributed by atoms with Gasteiger partial charge in [-0.05, 0) is 50.1 Å². The van der Waals surface area contributed by atoms with Crippen LogP contribution in [-0.4, -0.2) is 46.2 Å². The fourth-order valence-electron chi connectivity index (χ4n) is 4.27. The zero-order valence-corrected chi connectivity index (χ0v) is 20.3. The molecule has 1 aromatic heterocycles. The summed E-state index contributed by atoms with van der Waals surface area (Å²) in [6.45, 7) is 7.19. The Kier molecular flexibility index (Phi) is 7.11. The predicted octanol–water partition coefficient (Wildman–Crippen LogP) is 4.37. The first-order chi connectivity index (χ1) is 16.3. The van der Waals surface area contributed by atoms with Crippen molar-refractivity contribution in [2.24, 2.45) is 16.5 Å². The van der Waals surface area contributed by atoms with Crippen molar-refractivity contribution in [3.63, 3.8) is 0 Å². The molecule has 6 N–H and O–H groups in total. The van der Waals surface area contributed by atoms with E-state index in [-0.39, 0.29) is 18.0 Å². The molecular formula is C24H27Cl2N7O. The van der Waals surface area contributed by atoms with Crippen LogP contribution in [0.4, 0.5) is 5.69 Å². The van der Waals surface area contributed by atoms with E-state index in [1.807, 2.05) is 19.1 Å². The number of imidazole rings is 1. The van der Waals surface area contributed by atoms with Crippen molar-refractivity contribution in [1.29, 1.82) is 0 Å². The van der Waals surface area contributed by atoms with Crippen molar-refractivity contribution >= 4 is 57.9 Å². The molecule has 8 nitrogen and oxygen atoms in total. The number of nitrogens with one attached hydrogen (secondary N) is 2. The van der Waals surface area contributed by atoms with E-state index >= 15 is 0 Å². The first-order valence-electron chi connectivity index (χ1n) is 11.0. The zero-order chi connectivity index (χ0) is 24.4. The van der Waals surface area contributed by atoms with Crippen LogP contribution in [0.2, 0.25) is 10.0 Å². The third-order valence-electron chi connectivity index (χ3n) is 6.03. The largest absolute Gasteiger partial charge is 0.390 e. The molecule has 2 atom stereocenters. The first kappa shape index (κ1) is 24.1. The van der Waals surface area contributed by atoms with Gasteiger partial charge in [0.1, 0.15) is 5.82 Å². The zero-order valence-electron chi connectivity index (χ0n) is 18.8. The van der Waals surface area contributed by atoms with E-state index < -0.39 is 0 Å². The highest BCUT2D eigenvalue weighted by atomic mass is 35.5. The van der Waals surface area contributed by atoms with Gasteiger partial charge in [0.15, 0.2) is 0 Å². The fourth-order valence-corrected chi connectivity index (χ4v) is 4.69. The van der Waals surface area contributed by atoms with E-state index in [0.717, 1.165) is 29.7 Å². The number of hydrogen-bond donors (Lipinski definition) is 4. The number of fused-ring (bicyclic) bond motifs is 1. The maximum atomic E-state index is 13.2. The topological polar surface area (TPSA) is 125 Å². The second kappa shape index (κ2) is 10.0. The smallest absolute Gasteiger partial charge is 0.255 e. The van der Waals surface area contributed by atoms with Crippen molar-refractivity contribution in [2.45, 2.75) is 31.8 Å². The van der Waals surface area contributed by atoms with E-state index in [9.17, 15) is 4.79 Å². The third-order valence-corrected chi connectivity index (χ3v) is 6.58. The average Bonchev–Trinajstić information content (AvgIpc) is 3.46. The molecule has 0 aliphatic carbocycles. The third kappa shape index (κ3) is 4.75. The van der Waals surface area contributed by atoms with Gasteiger partial charge in [-0.15, -0.1) is 0 Å². The average molecular weight is 500 g/mol. The molecule has 2 unspecified atom stereocenters. The van der Waals surface area contributed by atoms with Crippen LogP contribution in [0.15, 0.2) is 41.9 Å². The number of aromatic nitrogens is 2. The number of nitrogens with two attached hydrogens (primary N) is 2. The quantitative estimate of drug-likeness (QED) is 0.283. The fraction of sp³-hybridized carbons (Fsp3) is 0.292. The van der Waals surface area contributed by atoms with Crippen LogP contribution >= 0.6 is 23.2 Å². The van der Waals surface area contributed by atoms with Crippen LogP contribution in [0, 0.1) is 0 Å². The summed E-state index contributed by atoms with van der Waals surface area (Å²) in [5.74, 6) is 0.563. The van der Waals surface area contributed by atoms with Crippen LogP contribution in [0.1, 0.15) is 47.6 Å². The Morgan fingerprint density at radius 3 is 2.91 bits per heavy atom. The highest BCUT2D eigenvalue weighted by Crippen LogP contribution is 2.33. The Morgan fingerprint density at radius 2 is 2.18 bits per heavy atom. The van der Waals surface area contributed by atoms with Crippen molar-refractivity contribution in [3.8, 4) is 0 Å². The maximum Gasteiger partial charge on any atom is 0.255 e. The van der Waals surface area contributed by atoms with Crippen molar-refractivity contribution < 1.29 is 4.79 Å². The Bertz CT molecular complexity index is 1270. The minimum atomic E-state index is -0.205. The normalized spacial score (nSPS) is 16.9. The molecule has 4 rings (SSSR count). The lowest BCUT2D eigenvalue weighted by Crippen LogP contribution is -2.40. The van der Waals surface area contributed by atoms with Crippen molar-refractivity contribution in [3.05, 3.63) is 63.9 Å². The molecule has 0 radical (unpaired) electrons. The molecular weight excluding hydrogens is 473 g/mol. The number of rotatable bonds is 7. The van der Waals surface area contributed by atoms with Gasteiger partial charge in [-0.1, -0.05) is 29.8 Å². The number of carbonyl (C=O) groups excluding carboxylic acids is 1. The second-order valence-electron chi connectivity index (χ2n) is 8.29. The van der Waals surface area contributed by atoms with Gasteiger partial charge in [-0.25, -0.2) is 9.98 Å². The predicted molar refractivity (Wildman–Crippen MR) is 139 cm³/mol. The molecule has 2 heterocycles. The van der Waals surface area contributed by atoms with Crippen molar-refractivity contribution in [2.75, 3.05) is 13.1 Å². The van der Waals surface area contributed by atoms with E-state index in [2.05, 4.69) is 26.9 Å². The molecule has 34 heavy (non-hydrogen) atoms. The Hall–Kier alpha value is -3.07. The minimum absolute atomic E-state index is 0.0147. The monoisotopic (exact) mass is 499 g/mol. The molecule has 10 heteroatoms. The molecule has 1 fully saturated rings. The number of halogens is 2. The number of aromatic amines is 1. The summed E-state index contributed by atoms with van der Waals surface area (Å²) in [6.07, 6.45) is 2.99. The summed E-state index contributed by atoms with van der Waals surface area (Å²) < 4.78 is 0. The van der Waals surface area contributed by atoms with E-state index in [1.165, 1.54) is 6.34 Å². The number of hydrogen-bond acceptors (Lipinski definition) is 5. The molecule has 0 bridgehead atoms. The first-order valence-corrected chi connectivity index (χ1v) is 11.8. The van der Waals surface area contributed by atoms with E-state index in [1.54, 1.807) is 23.1 Å². The molecule has 1 aliphatic heterocycles. The molecule has 2 aromatic carbocycles. The van der Waals surface area contributed by atoms with Crippen LogP contribution < -0.4 is 16.8 Å². The van der Waals surface area contributed by atoms with Crippen LogP contribution in [0.3, 0.4) is 0 Å². The Balaban J connectivity index is 1.60. The number of H-pyrrole nitrogens is 1. The molecule has 1 saturated heterocycles. The highest BCUT2D eigenvalue weighted by Gasteiger charge is 2.30. The highest BCUT2D eigenvalue weighted by molar-refractivity contribution is 6.34. The van der Waals surface area contributed by atoms with Crippen LogP contribution in [0.25, 0.3) is 16.7 Å².